The van der Waals surface area contributed by atoms with Gasteiger partial charge in [0.15, 0.2) is 0 Å². The summed E-state index contributed by atoms with van der Waals surface area (Å²) in [7, 11) is 0. The average Bonchev–Trinajstić information content (AvgIpc) is 2.63. The molecule has 2 aromatic carbocycles. The number of carbonyl (C=O) groups is 1. The van der Waals surface area contributed by atoms with Crippen molar-refractivity contribution in [1.29, 1.82) is 0 Å². The van der Waals surface area contributed by atoms with Gasteiger partial charge in [0.2, 0.25) is 0 Å². The second-order valence-electron chi connectivity index (χ2n) is 6.38. The van der Waals surface area contributed by atoms with Gasteiger partial charge in [-0.2, -0.15) is 0 Å². The van der Waals surface area contributed by atoms with E-state index in [9.17, 15) is 4.79 Å². The molecule has 0 aliphatic carbocycles. The van der Waals surface area contributed by atoms with Crippen molar-refractivity contribution < 1.29 is 14.3 Å². The molecule has 25 heavy (non-hydrogen) atoms. The highest BCUT2D eigenvalue weighted by atomic mass is 16.5. The zero-order valence-corrected chi connectivity index (χ0v) is 15.0. The lowest BCUT2D eigenvalue weighted by Crippen LogP contribution is -2.25. The van der Waals surface area contributed by atoms with Crippen LogP contribution in [0.15, 0.2) is 54.6 Å². The van der Waals surface area contributed by atoms with Gasteiger partial charge in [0.1, 0.15) is 12.4 Å². The molecule has 0 atom stereocenters. The molecule has 1 amide bonds. The lowest BCUT2D eigenvalue weighted by Gasteiger charge is -2.09. The summed E-state index contributed by atoms with van der Waals surface area (Å²) >= 11 is 0. The molecule has 4 nitrogen and oxygen atoms in total. The Morgan fingerprint density at radius 1 is 1.04 bits per heavy atom. The van der Waals surface area contributed by atoms with E-state index in [2.05, 4.69) is 19.2 Å². The van der Waals surface area contributed by atoms with E-state index in [-0.39, 0.29) is 5.91 Å². The van der Waals surface area contributed by atoms with Crippen LogP contribution in [0.1, 0.15) is 36.2 Å². The van der Waals surface area contributed by atoms with Crippen molar-refractivity contribution in [1.82, 2.24) is 5.32 Å². The third-order valence-electron chi connectivity index (χ3n) is 3.57. The SMILES string of the molecule is CC(C)COCCCNC(=O)c1ccc(COc2ccccc2)cc1. The number of ether oxygens (including phenoxy) is 2. The summed E-state index contributed by atoms with van der Waals surface area (Å²) in [4.78, 5) is 12.1. The van der Waals surface area contributed by atoms with Gasteiger partial charge < -0.3 is 14.8 Å². The number of hydrogen-bond acceptors (Lipinski definition) is 3. The van der Waals surface area contributed by atoms with Gasteiger partial charge in [-0.3, -0.25) is 4.79 Å². The number of rotatable bonds is 10. The van der Waals surface area contributed by atoms with Crippen LogP contribution in [0, 0.1) is 5.92 Å². The van der Waals surface area contributed by atoms with E-state index < -0.39 is 0 Å². The van der Waals surface area contributed by atoms with Crippen molar-refractivity contribution in [2.45, 2.75) is 26.9 Å². The van der Waals surface area contributed by atoms with Crippen LogP contribution in [0.5, 0.6) is 5.75 Å². The van der Waals surface area contributed by atoms with Gasteiger partial charge in [0.05, 0.1) is 0 Å². The zero-order valence-electron chi connectivity index (χ0n) is 15.0. The zero-order chi connectivity index (χ0) is 17.9. The van der Waals surface area contributed by atoms with Crippen molar-refractivity contribution in [2.75, 3.05) is 19.8 Å². The van der Waals surface area contributed by atoms with Crippen molar-refractivity contribution in [3.63, 3.8) is 0 Å². The maximum Gasteiger partial charge on any atom is 0.251 e. The first-order valence-electron chi connectivity index (χ1n) is 8.78. The molecule has 0 unspecified atom stereocenters. The summed E-state index contributed by atoms with van der Waals surface area (Å²) in [5, 5.41) is 2.91. The van der Waals surface area contributed by atoms with E-state index in [1.165, 1.54) is 0 Å². The molecule has 0 saturated heterocycles. The molecule has 4 heteroatoms. The number of nitrogens with one attached hydrogen (secondary N) is 1. The summed E-state index contributed by atoms with van der Waals surface area (Å²) in [5.74, 6) is 1.32. The molecule has 0 aliphatic heterocycles. The molecular formula is C21H27NO3. The Morgan fingerprint density at radius 3 is 2.44 bits per heavy atom. The van der Waals surface area contributed by atoms with E-state index in [4.69, 9.17) is 9.47 Å². The van der Waals surface area contributed by atoms with Gasteiger partial charge in [-0.05, 0) is 42.2 Å². The van der Waals surface area contributed by atoms with Gasteiger partial charge >= 0.3 is 0 Å². The second kappa shape index (κ2) is 10.5. The minimum absolute atomic E-state index is 0.0561. The number of benzene rings is 2. The van der Waals surface area contributed by atoms with E-state index >= 15 is 0 Å². The fraction of sp³-hybridized carbons (Fsp3) is 0.381. The highest BCUT2D eigenvalue weighted by molar-refractivity contribution is 5.94. The molecule has 2 rings (SSSR count). The van der Waals surface area contributed by atoms with E-state index in [1.807, 2.05) is 54.6 Å². The quantitative estimate of drug-likeness (QED) is 0.663. The largest absolute Gasteiger partial charge is 0.489 e. The smallest absolute Gasteiger partial charge is 0.251 e. The van der Waals surface area contributed by atoms with Crippen LogP contribution in [0.4, 0.5) is 0 Å². The predicted molar refractivity (Wildman–Crippen MR) is 99.8 cm³/mol. The normalized spacial score (nSPS) is 10.7. The molecule has 0 radical (unpaired) electrons. The highest BCUT2D eigenvalue weighted by Crippen LogP contribution is 2.12. The molecule has 0 fully saturated rings. The van der Waals surface area contributed by atoms with Gasteiger partial charge in [-0.1, -0.05) is 44.2 Å². The van der Waals surface area contributed by atoms with Gasteiger partial charge in [-0.25, -0.2) is 0 Å². The van der Waals surface area contributed by atoms with E-state index in [1.54, 1.807) is 0 Å². The van der Waals surface area contributed by atoms with Crippen molar-refractivity contribution in [2.24, 2.45) is 5.92 Å². The van der Waals surface area contributed by atoms with Gasteiger partial charge in [0.25, 0.3) is 5.91 Å². The second-order valence-corrected chi connectivity index (χ2v) is 6.38. The Bertz CT molecular complexity index is 623. The number of para-hydroxylation sites is 1. The molecule has 0 heterocycles. The van der Waals surface area contributed by atoms with Crippen LogP contribution >= 0.6 is 0 Å². The first kappa shape index (κ1) is 19.0. The molecule has 2 aromatic rings. The van der Waals surface area contributed by atoms with Crippen LogP contribution in [-0.2, 0) is 11.3 Å². The summed E-state index contributed by atoms with van der Waals surface area (Å²) in [6.45, 7) is 6.79. The molecule has 0 aromatic heterocycles. The van der Waals surface area contributed by atoms with E-state index in [0.29, 0.717) is 31.2 Å². The summed E-state index contributed by atoms with van der Waals surface area (Å²) < 4.78 is 11.2. The maximum atomic E-state index is 12.1. The Morgan fingerprint density at radius 2 is 1.76 bits per heavy atom. The van der Waals surface area contributed by atoms with Crippen LogP contribution < -0.4 is 10.1 Å². The summed E-state index contributed by atoms with van der Waals surface area (Å²) in [6.07, 6.45) is 0.821. The summed E-state index contributed by atoms with van der Waals surface area (Å²) in [6, 6.07) is 17.2. The molecule has 1 N–H and O–H groups in total. The van der Waals surface area contributed by atoms with Gasteiger partial charge in [-0.15, -0.1) is 0 Å². The van der Waals surface area contributed by atoms with Gasteiger partial charge in [0, 0.05) is 25.3 Å². The first-order chi connectivity index (χ1) is 12.1. The molecule has 0 aliphatic rings. The van der Waals surface area contributed by atoms with Crippen LogP contribution in [-0.4, -0.2) is 25.7 Å². The topological polar surface area (TPSA) is 47.6 Å². The molecule has 134 valence electrons. The molecule has 0 bridgehead atoms. The first-order valence-corrected chi connectivity index (χ1v) is 8.78. The van der Waals surface area contributed by atoms with Crippen LogP contribution in [0.2, 0.25) is 0 Å². The molecule has 0 saturated carbocycles. The van der Waals surface area contributed by atoms with Crippen LogP contribution in [0.25, 0.3) is 0 Å². The minimum atomic E-state index is -0.0561. The minimum Gasteiger partial charge on any atom is -0.489 e. The number of amides is 1. The lowest BCUT2D eigenvalue weighted by molar-refractivity contribution is 0.0925. The van der Waals surface area contributed by atoms with Crippen molar-refractivity contribution >= 4 is 5.91 Å². The average molecular weight is 341 g/mol. The number of hydrogen-bond donors (Lipinski definition) is 1. The fourth-order valence-electron chi connectivity index (χ4n) is 2.23. The standard InChI is InChI=1S/C21H27NO3/c1-17(2)15-24-14-6-13-22-21(23)19-11-9-18(10-12-19)16-25-20-7-4-3-5-8-20/h3-5,7-12,17H,6,13-16H2,1-2H3,(H,22,23). The highest BCUT2D eigenvalue weighted by Gasteiger charge is 2.05. The maximum absolute atomic E-state index is 12.1. The Hall–Kier alpha value is -2.33. The van der Waals surface area contributed by atoms with Crippen LogP contribution in [0.3, 0.4) is 0 Å². The predicted octanol–water partition coefficient (Wildman–Crippen LogP) is 4.06. The Labute approximate surface area is 150 Å². The third-order valence-corrected chi connectivity index (χ3v) is 3.57. The fourth-order valence-corrected chi connectivity index (χ4v) is 2.23. The number of carbonyl (C=O) groups excluding carboxylic acids is 1. The Kier molecular flexibility index (Phi) is 7.99. The molecular weight excluding hydrogens is 314 g/mol. The monoisotopic (exact) mass is 341 g/mol. The van der Waals surface area contributed by atoms with E-state index in [0.717, 1.165) is 24.3 Å². The lowest BCUT2D eigenvalue weighted by atomic mass is 10.1. The van der Waals surface area contributed by atoms with Crippen molar-refractivity contribution in [3.05, 3.63) is 65.7 Å². The Balaban J connectivity index is 1.69. The third kappa shape index (κ3) is 7.40. The van der Waals surface area contributed by atoms with Crippen molar-refractivity contribution in [3.8, 4) is 5.75 Å². The molecule has 0 spiro atoms. The summed E-state index contributed by atoms with van der Waals surface area (Å²) in [5.41, 5.74) is 1.69.